The summed E-state index contributed by atoms with van der Waals surface area (Å²) in [5.74, 6) is 1.03. The highest BCUT2D eigenvalue weighted by Gasteiger charge is 2.26. The van der Waals surface area contributed by atoms with Crippen molar-refractivity contribution in [3.8, 4) is 22.3 Å². The molecule has 4 heteroatoms. The monoisotopic (exact) mass is 415 g/mol. The summed E-state index contributed by atoms with van der Waals surface area (Å²) in [5.41, 5.74) is 7.09. The Bertz CT molecular complexity index is 1160. The number of pyridine rings is 1. The lowest BCUT2D eigenvalue weighted by Crippen LogP contribution is -2.32. The number of aromatic nitrogens is 2. The van der Waals surface area contributed by atoms with Crippen LogP contribution in [0.1, 0.15) is 31.4 Å². The standard InChI is InChI=1S/C26H26ClN3/c1-17(19-8-5-11-28-14-19)26-25(23-10-9-22(27)13-24(23)30-26)21-12-20(15-29-16-21)18-6-3-2-4-7-18/h2-4,6-7,9-10,12-13,15-17,19,28,30H,5,8,11,14H2,1H3. The fraction of sp³-hybridized carbons (Fsp3) is 0.269. The molecule has 2 unspecified atom stereocenters. The van der Waals surface area contributed by atoms with Crippen molar-refractivity contribution in [1.82, 2.24) is 15.3 Å². The second-order valence-corrected chi connectivity index (χ2v) is 8.76. The van der Waals surface area contributed by atoms with E-state index < -0.39 is 0 Å². The van der Waals surface area contributed by atoms with E-state index >= 15 is 0 Å². The Kier molecular flexibility index (Phi) is 5.32. The van der Waals surface area contributed by atoms with Gasteiger partial charge in [-0.2, -0.15) is 0 Å². The molecule has 0 radical (unpaired) electrons. The summed E-state index contributed by atoms with van der Waals surface area (Å²) in [6, 6.07) is 18.8. The minimum Gasteiger partial charge on any atom is -0.358 e. The lowest BCUT2D eigenvalue weighted by atomic mass is 9.83. The van der Waals surface area contributed by atoms with Gasteiger partial charge in [0.15, 0.2) is 0 Å². The van der Waals surface area contributed by atoms with Gasteiger partial charge in [-0.05, 0) is 55.6 Å². The zero-order valence-corrected chi connectivity index (χ0v) is 17.9. The first-order valence-electron chi connectivity index (χ1n) is 10.7. The number of hydrogen-bond acceptors (Lipinski definition) is 2. The predicted molar refractivity (Wildman–Crippen MR) is 126 cm³/mol. The number of rotatable bonds is 4. The highest BCUT2D eigenvalue weighted by atomic mass is 35.5. The van der Waals surface area contributed by atoms with Crippen LogP contribution in [0.4, 0.5) is 0 Å². The summed E-state index contributed by atoms with van der Waals surface area (Å²) in [6.45, 7) is 4.54. The molecule has 0 spiro atoms. The van der Waals surface area contributed by atoms with E-state index in [2.05, 4.69) is 58.6 Å². The van der Waals surface area contributed by atoms with Crippen LogP contribution in [0.5, 0.6) is 0 Å². The number of H-pyrrole nitrogens is 1. The van der Waals surface area contributed by atoms with Crippen molar-refractivity contribution in [2.45, 2.75) is 25.7 Å². The van der Waals surface area contributed by atoms with Crippen LogP contribution < -0.4 is 5.32 Å². The molecule has 1 aliphatic heterocycles. The molecule has 2 atom stereocenters. The molecule has 1 fully saturated rings. The van der Waals surface area contributed by atoms with Gasteiger partial charge in [-0.3, -0.25) is 4.98 Å². The number of piperidine rings is 1. The third kappa shape index (κ3) is 3.64. The molecule has 0 bridgehead atoms. The molecule has 0 saturated carbocycles. The Morgan fingerprint density at radius 2 is 1.83 bits per heavy atom. The van der Waals surface area contributed by atoms with Crippen LogP contribution in [0.25, 0.3) is 33.2 Å². The second kappa shape index (κ2) is 8.25. The number of fused-ring (bicyclic) bond motifs is 1. The van der Waals surface area contributed by atoms with Gasteiger partial charge in [-0.1, -0.05) is 54.9 Å². The van der Waals surface area contributed by atoms with E-state index in [0.29, 0.717) is 11.8 Å². The molecule has 5 rings (SSSR count). The Morgan fingerprint density at radius 3 is 2.63 bits per heavy atom. The van der Waals surface area contributed by atoms with Crippen LogP contribution in [0.2, 0.25) is 5.02 Å². The summed E-state index contributed by atoms with van der Waals surface area (Å²) in [4.78, 5) is 8.32. The van der Waals surface area contributed by atoms with E-state index in [9.17, 15) is 0 Å². The molecule has 2 aromatic carbocycles. The van der Waals surface area contributed by atoms with Gasteiger partial charge < -0.3 is 10.3 Å². The fourth-order valence-electron chi connectivity index (χ4n) is 4.75. The van der Waals surface area contributed by atoms with Crippen LogP contribution in [-0.2, 0) is 0 Å². The highest BCUT2D eigenvalue weighted by Crippen LogP contribution is 2.41. The van der Waals surface area contributed by atoms with E-state index in [0.717, 1.165) is 34.8 Å². The van der Waals surface area contributed by atoms with Crippen molar-refractivity contribution in [3.63, 3.8) is 0 Å². The van der Waals surface area contributed by atoms with Gasteiger partial charge in [0.25, 0.3) is 0 Å². The molecule has 1 saturated heterocycles. The Labute approximate surface area is 182 Å². The van der Waals surface area contributed by atoms with Crippen LogP contribution in [-0.4, -0.2) is 23.1 Å². The van der Waals surface area contributed by atoms with Gasteiger partial charge in [0.1, 0.15) is 0 Å². The molecule has 0 amide bonds. The molecule has 2 N–H and O–H groups in total. The molecule has 3 nitrogen and oxygen atoms in total. The molecular formula is C26H26ClN3. The van der Waals surface area contributed by atoms with Gasteiger partial charge in [-0.15, -0.1) is 0 Å². The van der Waals surface area contributed by atoms with Crippen molar-refractivity contribution in [3.05, 3.63) is 77.7 Å². The summed E-state index contributed by atoms with van der Waals surface area (Å²) >= 11 is 6.32. The third-order valence-electron chi connectivity index (χ3n) is 6.42. The quantitative estimate of drug-likeness (QED) is 0.391. The minimum absolute atomic E-state index is 0.416. The maximum absolute atomic E-state index is 6.32. The molecule has 2 aromatic heterocycles. The number of nitrogens with zero attached hydrogens (tertiary/aromatic N) is 1. The Morgan fingerprint density at radius 1 is 1.00 bits per heavy atom. The molecule has 0 aliphatic carbocycles. The van der Waals surface area contributed by atoms with Crippen molar-refractivity contribution < 1.29 is 0 Å². The third-order valence-corrected chi connectivity index (χ3v) is 6.66. The number of benzene rings is 2. The topological polar surface area (TPSA) is 40.7 Å². The zero-order valence-electron chi connectivity index (χ0n) is 17.2. The number of halogens is 1. The number of hydrogen-bond donors (Lipinski definition) is 2. The van der Waals surface area contributed by atoms with Crippen molar-refractivity contribution >= 4 is 22.5 Å². The van der Waals surface area contributed by atoms with E-state index in [1.165, 1.54) is 35.0 Å². The number of nitrogens with one attached hydrogen (secondary N) is 2. The van der Waals surface area contributed by atoms with Crippen LogP contribution >= 0.6 is 11.6 Å². The van der Waals surface area contributed by atoms with Gasteiger partial charge >= 0.3 is 0 Å². The number of aromatic amines is 1. The molecule has 30 heavy (non-hydrogen) atoms. The van der Waals surface area contributed by atoms with Gasteiger partial charge in [0, 0.05) is 56.6 Å². The molecule has 1 aliphatic rings. The Hall–Kier alpha value is -2.62. The predicted octanol–water partition coefficient (Wildman–Crippen LogP) is 6.65. The molecular weight excluding hydrogens is 390 g/mol. The maximum atomic E-state index is 6.32. The first-order valence-corrected chi connectivity index (χ1v) is 11.1. The van der Waals surface area contributed by atoms with Gasteiger partial charge in [0.2, 0.25) is 0 Å². The largest absolute Gasteiger partial charge is 0.358 e. The summed E-state index contributed by atoms with van der Waals surface area (Å²) in [6.07, 6.45) is 6.42. The van der Waals surface area contributed by atoms with E-state index in [1.54, 1.807) is 0 Å². The molecule has 4 aromatic rings. The summed E-state index contributed by atoms with van der Waals surface area (Å²) in [7, 11) is 0. The SMILES string of the molecule is CC(c1[nH]c2cc(Cl)ccc2c1-c1cncc(-c2ccccc2)c1)C1CCCNC1. The van der Waals surface area contributed by atoms with Crippen molar-refractivity contribution in [2.24, 2.45) is 5.92 Å². The van der Waals surface area contributed by atoms with Crippen molar-refractivity contribution in [2.75, 3.05) is 13.1 Å². The van der Waals surface area contributed by atoms with E-state index in [-0.39, 0.29) is 0 Å². The van der Waals surface area contributed by atoms with Gasteiger partial charge in [-0.25, -0.2) is 0 Å². The van der Waals surface area contributed by atoms with Crippen LogP contribution in [0.15, 0.2) is 67.0 Å². The van der Waals surface area contributed by atoms with Crippen molar-refractivity contribution in [1.29, 1.82) is 0 Å². The van der Waals surface area contributed by atoms with Crippen LogP contribution in [0, 0.1) is 5.92 Å². The second-order valence-electron chi connectivity index (χ2n) is 8.33. The first-order chi connectivity index (χ1) is 14.7. The lowest BCUT2D eigenvalue weighted by Gasteiger charge is -2.28. The lowest BCUT2D eigenvalue weighted by molar-refractivity contribution is 0.332. The van der Waals surface area contributed by atoms with E-state index in [4.69, 9.17) is 11.6 Å². The van der Waals surface area contributed by atoms with Gasteiger partial charge in [0.05, 0.1) is 0 Å². The Balaban J connectivity index is 1.66. The average molecular weight is 416 g/mol. The molecule has 152 valence electrons. The summed E-state index contributed by atoms with van der Waals surface area (Å²) < 4.78 is 0. The highest BCUT2D eigenvalue weighted by molar-refractivity contribution is 6.31. The fourth-order valence-corrected chi connectivity index (χ4v) is 4.92. The average Bonchev–Trinajstić information content (AvgIpc) is 3.18. The first kappa shape index (κ1) is 19.3. The normalized spacial score (nSPS) is 17.9. The molecule has 3 heterocycles. The van der Waals surface area contributed by atoms with Crippen LogP contribution in [0.3, 0.4) is 0 Å². The minimum atomic E-state index is 0.416. The summed E-state index contributed by atoms with van der Waals surface area (Å²) in [5, 5.41) is 5.53. The zero-order chi connectivity index (χ0) is 20.5. The smallest absolute Gasteiger partial charge is 0.0477 e. The maximum Gasteiger partial charge on any atom is 0.0477 e. The van der Waals surface area contributed by atoms with E-state index in [1.807, 2.05) is 30.6 Å².